The molecule has 0 saturated heterocycles. The van der Waals surface area contributed by atoms with Crippen molar-refractivity contribution in [3.05, 3.63) is 49.1 Å². The quantitative estimate of drug-likeness (QED) is 0.487. The van der Waals surface area contributed by atoms with E-state index in [1.54, 1.807) is 18.7 Å². The topological polar surface area (TPSA) is 39.2 Å². The predicted octanol–water partition coefficient (Wildman–Crippen LogP) is 4.79. The Morgan fingerprint density at radius 2 is 1.91 bits per heavy atom. The Morgan fingerprint density at radius 3 is 2.64 bits per heavy atom. The number of hydrogen-bond donors (Lipinski definition) is 0. The number of aromatic nitrogens is 1. The van der Waals surface area contributed by atoms with Crippen LogP contribution < -0.4 is 4.40 Å². The number of furan rings is 2. The van der Waals surface area contributed by atoms with Gasteiger partial charge in [-0.15, -0.1) is 0 Å². The second-order valence-electron chi connectivity index (χ2n) is 6.58. The third-order valence-corrected chi connectivity index (χ3v) is 8.23. The molecule has 4 aromatic rings. The molecular formula is C18H17GeNO2. The van der Waals surface area contributed by atoms with Crippen molar-refractivity contribution in [2.24, 2.45) is 0 Å². The van der Waals surface area contributed by atoms with Gasteiger partial charge in [0.05, 0.1) is 0 Å². The van der Waals surface area contributed by atoms with Crippen molar-refractivity contribution in [2.75, 3.05) is 0 Å². The van der Waals surface area contributed by atoms with Crippen molar-refractivity contribution in [1.29, 1.82) is 0 Å². The SMILES string of the molecule is [CH3][Ge]([CH3])([CH3])[c]1cccc2c1oc1ccnc(-c3ccoc3)c12. The Labute approximate surface area is 131 Å². The molecular weight excluding hydrogens is 335 g/mol. The van der Waals surface area contributed by atoms with Gasteiger partial charge in [0, 0.05) is 0 Å². The van der Waals surface area contributed by atoms with Crippen LogP contribution in [0.1, 0.15) is 0 Å². The standard InChI is InChI=1S/C18H17GeNO2/c1-19(2,3)14-6-4-5-13-16-15(22-18(13)14)7-9-20-17(16)12-8-10-21-11-12/h4-11H,1-3H3. The normalized spacial score (nSPS) is 12.3. The molecule has 0 unspecified atom stereocenters. The van der Waals surface area contributed by atoms with Gasteiger partial charge < -0.3 is 0 Å². The van der Waals surface area contributed by atoms with Gasteiger partial charge in [0.1, 0.15) is 0 Å². The van der Waals surface area contributed by atoms with Crippen LogP contribution in [-0.4, -0.2) is 18.3 Å². The average molecular weight is 352 g/mol. The average Bonchev–Trinajstić information content (AvgIpc) is 3.12. The van der Waals surface area contributed by atoms with Gasteiger partial charge in [-0.3, -0.25) is 0 Å². The van der Waals surface area contributed by atoms with Crippen molar-refractivity contribution in [2.45, 2.75) is 17.3 Å². The Bertz CT molecular complexity index is 962. The summed E-state index contributed by atoms with van der Waals surface area (Å²) in [4.78, 5) is 4.56. The molecule has 0 aliphatic carbocycles. The number of benzene rings is 1. The summed E-state index contributed by atoms with van der Waals surface area (Å²) in [7, 11) is 0. The molecule has 0 amide bonds. The van der Waals surface area contributed by atoms with Gasteiger partial charge in [-0.05, 0) is 0 Å². The van der Waals surface area contributed by atoms with Crippen LogP contribution in [0, 0.1) is 0 Å². The van der Waals surface area contributed by atoms with E-state index < -0.39 is 13.3 Å². The van der Waals surface area contributed by atoms with E-state index in [1.807, 2.05) is 12.1 Å². The van der Waals surface area contributed by atoms with Crippen molar-refractivity contribution in [3.63, 3.8) is 0 Å². The minimum atomic E-state index is -2.00. The molecule has 3 heterocycles. The Balaban J connectivity index is 2.15. The van der Waals surface area contributed by atoms with Crippen molar-refractivity contribution >= 4 is 39.6 Å². The first-order chi connectivity index (χ1) is 10.6. The fourth-order valence-corrected chi connectivity index (χ4v) is 6.02. The van der Waals surface area contributed by atoms with E-state index in [2.05, 4.69) is 40.5 Å². The molecule has 0 N–H and O–H groups in total. The summed E-state index contributed by atoms with van der Waals surface area (Å²) in [5.74, 6) is 7.16. The molecule has 1 aromatic carbocycles. The molecule has 3 nitrogen and oxygen atoms in total. The van der Waals surface area contributed by atoms with Crippen LogP contribution in [-0.2, 0) is 0 Å². The van der Waals surface area contributed by atoms with Crippen LogP contribution in [0.4, 0.5) is 0 Å². The van der Waals surface area contributed by atoms with Crippen LogP contribution in [0.15, 0.2) is 57.9 Å². The number of nitrogens with zero attached hydrogens (tertiary/aromatic N) is 1. The number of hydrogen-bond acceptors (Lipinski definition) is 3. The second kappa shape index (κ2) is 4.75. The summed E-state index contributed by atoms with van der Waals surface area (Å²) in [5, 5.41) is 2.23. The van der Waals surface area contributed by atoms with Gasteiger partial charge in [0.25, 0.3) is 0 Å². The first-order valence-corrected chi connectivity index (χ1v) is 14.7. The Hall–Kier alpha value is -2.01. The molecule has 110 valence electrons. The molecule has 0 fully saturated rings. The molecule has 4 rings (SSSR count). The van der Waals surface area contributed by atoms with Crippen molar-refractivity contribution in [1.82, 2.24) is 4.98 Å². The van der Waals surface area contributed by atoms with Crippen LogP contribution in [0.3, 0.4) is 0 Å². The fourth-order valence-electron chi connectivity index (χ4n) is 2.95. The van der Waals surface area contributed by atoms with Crippen LogP contribution in [0.5, 0.6) is 0 Å². The molecule has 0 spiro atoms. The molecule has 0 radical (unpaired) electrons. The van der Waals surface area contributed by atoms with E-state index in [4.69, 9.17) is 8.83 Å². The monoisotopic (exact) mass is 353 g/mol. The zero-order valence-corrected chi connectivity index (χ0v) is 15.0. The number of pyridine rings is 1. The minimum absolute atomic E-state index is 0.889. The van der Waals surface area contributed by atoms with E-state index in [0.717, 1.165) is 33.2 Å². The van der Waals surface area contributed by atoms with E-state index in [1.165, 1.54) is 4.40 Å². The molecule has 0 aliphatic rings. The molecule has 3 aromatic heterocycles. The molecule has 0 saturated carbocycles. The van der Waals surface area contributed by atoms with Crippen LogP contribution >= 0.6 is 0 Å². The summed E-state index contributed by atoms with van der Waals surface area (Å²) in [6, 6.07) is 10.4. The third-order valence-electron chi connectivity index (χ3n) is 4.01. The van der Waals surface area contributed by atoms with E-state index in [9.17, 15) is 0 Å². The predicted molar refractivity (Wildman–Crippen MR) is 92.2 cm³/mol. The molecule has 0 bridgehead atoms. The van der Waals surface area contributed by atoms with Crippen LogP contribution in [0.2, 0.25) is 17.3 Å². The van der Waals surface area contributed by atoms with Crippen molar-refractivity contribution in [3.8, 4) is 11.3 Å². The molecule has 22 heavy (non-hydrogen) atoms. The summed E-state index contributed by atoms with van der Waals surface area (Å²) < 4.78 is 12.8. The Kier molecular flexibility index (Phi) is 2.94. The van der Waals surface area contributed by atoms with Gasteiger partial charge in [-0.1, -0.05) is 0 Å². The molecule has 0 aliphatic heterocycles. The fraction of sp³-hybridized carbons (Fsp3) is 0.167. The van der Waals surface area contributed by atoms with Crippen molar-refractivity contribution < 1.29 is 8.83 Å². The zero-order chi connectivity index (χ0) is 15.3. The van der Waals surface area contributed by atoms with Gasteiger partial charge >= 0.3 is 131 Å². The summed E-state index contributed by atoms with van der Waals surface area (Å²) >= 11 is -2.00. The summed E-state index contributed by atoms with van der Waals surface area (Å²) in [5.41, 5.74) is 3.82. The van der Waals surface area contributed by atoms with Gasteiger partial charge in [-0.2, -0.15) is 0 Å². The van der Waals surface area contributed by atoms with Gasteiger partial charge in [0.2, 0.25) is 0 Å². The first-order valence-electron chi connectivity index (χ1n) is 7.39. The van der Waals surface area contributed by atoms with E-state index in [-0.39, 0.29) is 0 Å². The second-order valence-corrected chi connectivity index (χ2v) is 17.2. The number of para-hydroxylation sites is 1. The maximum atomic E-state index is 6.23. The number of fused-ring (bicyclic) bond motifs is 3. The van der Waals surface area contributed by atoms with Gasteiger partial charge in [-0.25, -0.2) is 0 Å². The van der Waals surface area contributed by atoms with E-state index in [0.29, 0.717) is 0 Å². The first kappa shape index (κ1) is 13.6. The zero-order valence-electron chi connectivity index (χ0n) is 12.9. The number of rotatable bonds is 2. The van der Waals surface area contributed by atoms with Crippen LogP contribution in [0.25, 0.3) is 33.2 Å². The van der Waals surface area contributed by atoms with Gasteiger partial charge in [0.15, 0.2) is 0 Å². The molecule has 0 atom stereocenters. The third kappa shape index (κ3) is 2.00. The Morgan fingerprint density at radius 1 is 1.05 bits per heavy atom. The molecule has 4 heteroatoms. The maximum absolute atomic E-state index is 6.23. The van der Waals surface area contributed by atoms with E-state index >= 15 is 0 Å². The summed E-state index contributed by atoms with van der Waals surface area (Å²) in [6.07, 6.45) is 5.20. The summed E-state index contributed by atoms with van der Waals surface area (Å²) in [6.45, 7) is 0.